The largest absolute Gasteiger partial charge is 0.376 e. The van der Waals surface area contributed by atoms with Crippen molar-refractivity contribution in [2.45, 2.75) is 39.2 Å². The molecule has 2 saturated heterocycles. The van der Waals surface area contributed by atoms with Gasteiger partial charge in [-0.2, -0.15) is 0 Å². The number of rotatable bonds is 4. The second-order valence-corrected chi connectivity index (χ2v) is 5.97. The van der Waals surface area contributed by atoms with E-state index in [4.69, 9.17) is 4.74 Å². The van der Waals surface area contributed by atoms with Gasteiger partial charge in [0.1, 0.15) is 0 Å². The van der Waals surface area contributed by atoms with Gasteiger partial charge in [0, 0.05) is 26.2 Å². The second kappa shape index (κ2) is 8.08. The minimum Gasteiger partial charge on any atom is -0.376 e. The molecule has 19 heavy (non-hydrogen) atoms. The van der Waals surface area contributed by atoms with E-state index in [2.05, 4.69) is 19.2 Å². The van der Waals surface area contributed by atoms with E-state index in [1.807, 2.05) is 4.90 Å². The Morgan fingerprint density at radius 2 is 2.21 bits per heavy atom. The molecule has 0 aromatic carbocycles. The molecule has 0 spiro atoms. The Balaban J connectivity index is 0.00000180. The zero-order valence-electron chi connectivity index (χ0n) is 12.1. The predicted octanol–water partition coefficient (Wildman–Crippen LogP) is 1.68. The van der Waals surface area contributed by atoms with E-state index >= 15 is 0 Å². The summed E-state index contributed by atoms with van der Waals surface area (Å²) in [6.45, 7) is 8.70. The SMILES string of the molecule is CC(C)COC1CCN(C(=O)C2CCCNC2)C1.Cl. The number of amides is 1. The topological polar surface area (TPSA) is 41.6 Å². The van der Waals surface area contributed by atoms with Gasteiger partial charge in [0.2, 0.25) is 5.91 Å². The normalized spacial score (nSPS) is 27.4. The minimum absolute atomic E-state index is 0. The Kier molecular flexibility index (Phi) is 7.11. The van der Waals surface area contributed by atoms with Crippen LogP contribution in [0.15, 0.2) is 0 Å². The van der Waals surface area contributed by atoms with Gasteiger partial charge < -0.3 is 15.0 Å². The van der Waals surface area contributed by atoms with Crippen molar-refractivity contribution in [3.05, 3.63) is 0 Å². The summed E-state index contributed by atoms with van der Waals surface area (Å²) in [5, 5.41) is 3.31. The van der Waals surface area contributed by atoms with E-state index in [1.54, 1.807) is 0 Å². The van der Waals surface area contributed by atoms with E-state index in [0.717, 1.165) is 52.0 Å². The number of hydrogen-bond acceptors (Lipinski definition) is 3. The summed E-state index contributed by atoms with van der Waals surface area (Å²) in [5.41, 5.74) is 0. The monoisotopic (exact) mass is 290 g/mol. The number of ether oxygens (including phenoxy) is 1. The fourth-order valence-corrected chi connectivity index (χ4v) is 2.71. The lowest BCUT2D eigenvalue weighted by Crippen LogP contribution is -2.42. The van der Waals surface area contributed by atoms with Gasteiger partial charge in [0.05, 0.1) is 12.0 Å². The van der Waals surface area contributed by atoms with Crippen LogP contribution in [0.4, 0.5) is 0 Å². The zero-order valence-corrected chi connectivity index (χ0v) is 12.9. The lowest BCUT2D eigenvalue weighted by molar-refractivity contribution is -0.135. The standard InChI is InChI=1S/C14H26N2O2.ClH/c1-11(2)10-18-13-5-7-16(9-13)14(17)12-4-3-6-15-8-12;/h11-13,15H,3-10H2,1-2H3;1H. The van der Waals surface area contributed by atoms with E-state index in [0.29, 0.717) is 11.8 Å². The highest BCUT2D eigenvalue weighted by molar-refractivity contribution is 5.85. The van der Waals surface area contributed by atoms with Crippen molar-refractivity contribution < 1.29 is 9.53 Å². The molecule has 4 nitrogen and oxygen atoms in total. The van der Waals surface area contributed by atoms with Crippen LogP contribution in [-0.4, -0.2) is 49.7 Å². The van der Waals surface area contributed by atoms with Crippen molar-refractivity contribution in [2.75, 3.05) is 32.8 Å². The maximum Gasteiger partial charge on any atom is 0.227 e. The van der Waals surface area contributed by atoms with E-state index in [1.165, 1.54) is 0 Å². The fraction of sp³-hybridized carbons (Fsp3) is 0.929. The van der Waals surface area contributed by atoms with Crippen LogP contribution in [0.1, 0.15) is 33.1 Å². The average Bonchev–Trinajstić information content (AvgIpc) is 2.85. The van der Waals surface area contributed by atoms with Gasteiger partial charge in [-0.05, 0) is 31.7 Å². The van der Waals surface area contributed by atoms with Crippen molar-refractivity contribution in [1.82, 2.24) is 10.2 Å². The molecule has 112 valence electrons. The maximum absolute atomic E-state index is 12.3. The molecule has 1 amide bonds. The zero-order chi connectivity index (χ0) is 13.0. The fourth-order valence-electron chi connectivity index (χ4n) is 2.71. The molecule has 0 radical (unpaired) electrons. The second-order valence-electron chi connectivity index (χ2n) is 5.97. The smallest absolute Gasteiger partial charge is 0.227 e. The summed E-state index contributed by atoms with van der Waals surface area (Å²) in [6, 6.07) is 0. The molecule has 2 aliphatic heterocycles. The molecule has 2 heterocycles. The highest BCUT2D eigenvalue weighted by Crippen LogP contribution is 2.19. The third kappa shape index (κ3) is 4.93. The van der Waals surface area contributed by atoms with E-state index < -0.39 is 0 Å². The predicted molar refractivity (Wildman–Crippen MR) is 78.6 cm³/mol. The third-order valence-electron chi connectivity index (χ3n) is 3.77. The van der Waals surface area contributed by atoms with Gasteiger partial charge in [0.25, 0.3) is 0 Å². The van der Waals surface area contributed by atoms with Gasteiger partial charge in [0.15, 0.2) is 0 Å². The van der Waals surface area contributed by atoms with Crippen LogP contribution in [0.3, 0.4) is 0 Å². The van der Waals surface area contributed by atoms with E-state index in [-0.39, 0.29) is 24.4 Å². The summed E-state index contributed by atoms with van der Waals surface area (Å²) in [6.07, 6.45) is 3.42. The molecule has 0 aliphatic carbocycles. The van der Waals surface area contributed by atoms with Gasteiger partial charge in [-0.15, -0.1) is 12.4 Å². The molecule has 2 unspecified atom stereocenters. The first-order chi connectivity index (χ1) is 8.66. The quantitative estimate of drug-likeness (QED) is 0.856. The highest BCUT2D eigenvalue weighted by Gasteiger charge is 2.31. The lowest BCUT2D eigenvalue weighted by atomic mass is 9.98. The Morgan fingerprint density at radius 1 is 1.42 bits per heavy atom. The molecule has 0 bridgehead atoms. The minimum atomic E-state index is 0. The van der Waals surface area contributed by atoms with Crippen LogP contribution in [0.5, 0.6) is 0 Å². The van der Waals surface area contributed by atoms with Crippen molar-refractivity contribution in [1.29, 1.82) is 0 Å². The molecule has 2 atom stereocenters. The Hall–Kier alpha value is -0.320. The number of nitrogens with zero attached hydrogens (tertiary/aromatic N) is 1. The van der Waals surface area contributed by atoms with Gasteiger partial charge in [-0.25, -0.2) is 0 Å². The van der Waals surface area contributed by atoms with Crippen LogP contribution in [0.2, 0.25) is 0 Å². The summed E-state index contributed by atoms with van der Waals surface area (Å²) >= 11 is 0. The van der Waals surface area contributed by atoms with Crippen LogP contribution in [0, 0.1) is 11.8 Å². The Bertz CT molecular complexity index is 281. The van der Waals surface area contributed by atoms with Crippen LogP contribution >= 0.6 is 12.4 Å². The molecule has 0 aromatic rings. The third-order valence-corrected chi connectivity index (χ3v) is 3.77. The summed E-state index contributed by atoms with van der Waals surface area (Å²) in [4.78, 5) is 14.3. The maximum atomic E-state index is 12.3. The molecule has 2 aliphatic rings. The molecular formula is C14H27ClN2O2. The Morgan fingerprint density at radius 3 is 2.84 bits per heavy atom. The molecule has 5 heteroatoms. The van der Waals surface area contributed by atoms with Crippen LogP contribution in [-0.2, 0) is 9.53 Å². The number of carbonyl (C=O) groups excluding carboxylic acids is 1. The van der Waals surface area contributed by atoms with Gasteiger partial charge in [-0.1, -0.05) is 13.8 Å². The molecule has 2 rings (SSSR count). The average molecular weight is 291 g/mol. The van der Waals surface area contributed by atoms with Gasteiger partial charge >= 0.3 is 0 Å². The molecule has 1 N–H and O–H groups in total. The summed E-state index contributed by atoms with van der Waals surface area (Å²) in [7, 11) is 0. The van der Waals surface area contributed by atoms with Crippen molar-refractivity contribution in [3.63, 3.8) is 0 Å². The van der Waals surface area contributed by atoms with Crippen molar-refractivity contribution in [2.24, 2.45) is 11.8 Å². The highest BCUT2D eigenvalue weighted by atomic mass is 35.5. The number of piperidine rings is 1. The summed E-state index contributed by atoms with van der Waals surface area (Å²) < 4.78 is 5.82. The number of likely N-dealkylation sites (tertiary alicyclic amines) is 1. The van der Waals surface area contributed by atoms with Gasteiger partial charge in [-0.3, -0.25) is 4.79 Å². The van der Waals surface area contributed by atoms with Crippen molar-refractivity contribution in [3.8, 4) is 0 Å². The Labute approximate surface area is 122 Å². The first-order valence-electron chi connectivity index (χ1n) is 7.28. The number of halogens is 1. The molecule has 0 aromatic heterocycles. The van der Waals surface area contributed by atoms with E-state index in [9.17, 15) is 4.79 Å². The van der Waals surface area contributed by atoms with Crippen LogP contribution < -0.4 is 5.32 Å². The molecule has 0 saturated carbocycles. The number of hydrogen-bond donors (Lipinski definition) is 1. The first kappa shape index (κ1) is 16.7. The summed E-state index contributed by atoms with van der Waals surface area (Å²) in [5.74, 6) is 1.10. The molecular weight excluding hydrogens is 264 g/mol. The number of carbonyl (C=O) groups is 1. The number of nitrogens with one attached hydrogen (secondary N) is 1. The van der Waals surface area contributed by atoms with Crippen molar-refractivity contribution >= 4 is 18.3 Å². The first-order valence-corrected chi connectivity index (χ1v) is 7.28. The van der Waals surface area contributed by atoms with Crippen LogP contribution in [0.25, 0.3) is 0 Å². The molecule has 2 fully saturated rings. The lowest BCUT2D eigenvalue weighted by Gasteiger charge is -2.26.